The van der Waals surface area contributed by atoms with Gasteiger partial charge in [0.05, 0.1) is 5.92 Å². The van der Waals surface area contributed by atoms with Crippen LogP contribution in [0.3, 0.4) is 0 Å². The summed E-state index contributed by atoms with van der Waals surface area (Å²) in [5.41, 5.74) is 10.1. The van der Waals surface area contributed by atoms with Crippen molar-refractivity contribution in [2.24, 2.45) is 5.73 Å². The molecule has 138 valence electrons. The third-order valence-corrected chi connectivity index (χ3v) is 5.59. The smallest absolute Gasteiger partial charge is 0.205 e. The van der Waals surface area contributed by atoms with E-state index in [1.54, 1.807) is 0 Å². The van der Waals surface area contributed by atoms with Gasteiger partial charge in [-0.1, -0.05) is 77.8 Å². The third kappa shape index (κ3) is 3.22. The Morgan fingerprint density at radius 2 is 1.50 bits per heavy atom. The summed E-state index contributed by atoms with van der Waals surface area (Å²) in [6.07, 6.45) is 0.591. The fraction of sp³-hybridized carbons (Fsp3) is 0.0870. The molecule has 0 bridgehead atoms. The molecule has 1 atom stereocenters. The first-order valence-electron chi connectivity index (χ1n) is 8.77. The lowest BCUT2D eigenvalue weighted by Gasteiger charge is -2.28. The molecular formula is C23H16Cl2N2O. The van der Waals surface area contributed by atoms with Crippen molar-refractivity contribution in [1.82, 2.24) is 0 Å². The third-order valence-electron chi connectivity index (χ3n) is 4.88. The van der Waals surface area contributed by atoms with Gasteiger partial charge in [0.25, 0.3) is 0 Å². The van der Waals surface area contributed by atoms with Gasteiger partial charge in [-0.2, -0.15) is 5.26 Å². The number of ether oxygens (including phenoxy) is 1. The molecule has 0 saturated heterocycles. The van der Waals surface area contributed by atoms with Crippen LogP contribution in [0.5, 0.6) is 5.75 Å². The van der Waals surface area contributed by atoms with E-state index in [1.165, 1.54) is 0 Å². The van der Waals surface area contributed by atoms with E-state index in [9.17, 15) is 5.26 Å². The lowest BCUT2D eigenvalue weighted by atomic mass is 9.82. The SMILES string of the molecule is N#CC1=C(N)Oc2c(Cc3ccccc3Cl)cccc2[C@@H]1c1ccccc1Cl. The lowest BCUT2D eigenvalue weighted by molar-refractivity contribution is 0.390. The summed E-state index contributed by atoms with van der Waals surface area (Å²) in [7, 11) is 0. The molecule has 0 aromatic heterocycles. The summed E-state index contributed by atoms with van der Waals surface area (Å²) in [6.45, 7) is 0. The number of fused-ring (bicyclic) bond motifs is 1. The maximum absolute atomic E-state index is 9.72. The number of nitriles is 1. The summed E-state index contributed by atoms with van der Waals surface area (Å²) in [4.78, 5) is 0. The number of benzene rings is 3. The van der Waals surface area contributed by atoms with Gasteiger partial charge in [0, 0.05) is 22.0 Å². The average Bonchev–Trinajstić information content (AvgIpc) is 2.70. The van der Waals surface area contributed by atoms with Gasteiger partial charge in [-0.15, -0.1) is 0 Å². The van der Waals surface area contributed by atoms with E-state index in [-0.39, 0.29) is 11.8 Å². The van der Waals surface area contributed by atoms with E-state index >= 15 is 0 Å². The second-order valence-corrected chi connectivity index (χ2v) is 7.36. The molecule has 5 heteroatoms. The molecule has 3 nitrogen and oxygen atoms in total. The van der Waals surface area contributed by atoms with Crippen molar-refractivity contribution in [3.63, 3.8) is 0 Å². The highest BCUT2D eigenvalue weighted by Crippen LogP contribution is 2.45. The molecule has 0 spiro atoms. The number of hydrogen-bond acceptors (Lipinski definition) is 3. The molecule has 1 heterocycles. The number of nitrogens with zero attached hydrogens (tertiary/aromatic N) is 1. The summed E-state index contributed by atoms with van der Waals surface area (Å²) in [6, 6.07) is 23.3. The summed E-state index contributed by atoms with van der Waals surface area (Å²) in [5, 5.41) is 11.0. The Morgan fingerprint density at radius 3 is 2.21 bits per heavy atom. The standard InChI is InChI=1S/C23H16Cl2N2O/c24-19-10-3-1-6-14(19)12-15-7-5-9-17-21(16-8-2-4-11-20(16)25)18(13-26)23(27)28-22(15)17/h1-11,21H,12,27H2/t21-/m0/s1. The van der Waals surface area contributed by atoms with Gasteiger partial charge in [0.1, 0.15) is 17.4 Å². The molecule has 0 unspecified atom stereocenters. The van der Waals surface area contributed by atoms with E-state index in [0.29, 0.717) is 27.8 Å². The zero-order valence-electron chi connectivity index (χ0n) is 14.8. The minimum Gasteiger partial charge on any atom is -0.440 e. The van der Waals surface area contributed by atoms with E-state index < -0.39 is 0 Å². The van der Waals surface area contributed by atoms with Gasteiger partial charge < -0.3 is 10.5 Å². The number of hydrogen-bond donors (Lipinski definition) is 1. The van der Waals surface area contributed by atoms with Crippen LogP contribution < -0.4 is 10.5 Å². The normalized spacial score (nSPS) is 15.5. The minimum atomic E-state index is -0.381. The van der Waals surface area contributed by atoms with Gasteiger partial charge >= 0.3 is 0 Å². The summed E-state index contributed by atoms with van der Waals surface area (Å²) >= 11 is 12.8. The average molecular weight is 407 g/mol. The Kier molecular flexibility index (Phi) is 5.00. The van der Waals surface area contributed by atoms with Gasteiger partial charge in [-0.3, -0.25) is 0 Å². The van der Waals surface area contributed by atoms with Crippen LogP contribution in [-0.2, 0) is 6.42 Å². The van der Waals surface area contributed by atoms with Crippen LogP contribution in [0.25, 0.3) is 0 Å². The zero-order chi connectivity index (χ0) is 19.7. The highest BCUT2D eigenvalue weighted by molar-refractivity contribution is 6.31. The maximum Gasteiger partial charge on any atom is 0.205 e. The molecule has 0 amide bonds. The largest absolute Gasteiger partial charge is 0.440 e. The molecular weight excluding hydrogens is 391 g/mol. The monoisotopic (exact) mass is 406 g/mol. The van der Waals surface area contributed by atoms with Crippen LogP contribution in [0, 0.1) is 11.3 Å². The van der Waals surface area contributed by atoms with Crippen LogP contribution in [-0.4, -0.2) is 0 Å². The Balaban J connectivity index is 1.87. The van der Waals surface area contributed by atoms with Gasteiger partial charge in [0.2, 0.25) is 5.88 Å². The van der Waals surface area contributed by atoms with Crippen LogP contribution in [0.15, 0.2) is 78.2 Å². The highest BCUT2D eigenvalue weighted by atomic mass is 35.5. The molecule has 4 rings (SSSR count). The van der Waals surface area contributed by atoms with Crippen molar-refractivity contribution in [1.29, 1.82) is 5.26 Å². The molecule has 0 aliphatic carbocycles. The second kappa shape index (κ2) is 7.59. The van der Waals surface area contributed by atoms with Crippen molar-refractivity contribution in [3.8, 4) is 11.8 Å². The van der Waals surface area contributed by atoms with Crippen LogP contribution in [0.4, 0.5) is 0 Å². The van der Waals surface area contributed by atoms with Crippen molar-refractivity contribution in [3.05, 3.63) is 110 Å². The zero-order valence-corrected chi connectivity index (χ0v) is 16.3. The fourth-order valence-corrected chi connectivity index (χ4v) is 4.00. The summed E-state index contributed by atoms with van der Waals surface area (Å²) in [5.74, 6) is 0.379. The van der Waals surface area contributed by atoms with Gasteiger partial charge in [-0.05, 0) is 28.8 Å². The number of rotatable bonds is 3. The van der Waals surface area contributed by atoms with E-state index in [2.05, 4.69) is 6.07 Å². The quantitative estimate of drug-likeness (QED) is 0.597. The first-order chi connectivity index (χ1) is 13.6. The number of para-hydroxylation sites is 1. The minimum absolute atomic E-state index is 0.103. The topological polar surface area (TPSA) is 59.0 Å². The van der Waals surface area contributed by atoms with Crippen LogP contribution in [0.2, 0.25) is 10.0 Å². The van der Waals surface area contributed by atoms with E-state index in [0.717, 1.165) is 22.3 Å². The van der Waals surface area contributed by atoms with Gasteiger partial charge in [-0.25, -0.2) is 0 Å². The Bertz CT molecular complexity index is 1130. The number of nitrogens with two attached hydrogens (primary N) is 1. The summed E-state index contributed by atoms with van der Waals surface area (Å²) < 4.78 is 5.92. The fourth-order valence-electron chi connectivity index (χ4n) is 3.56. The number of allylic oxidation sites excluding steroid dienone is 1. The Morgan fingerprint density at radius 1 is 0.857 bits per heavy atom. The predicted octanol–water partition coefficient (Wildman–Crippen LogP) is 5.80. The first-order valence-corrected chi connectivity index (χ1v) is 9.53. The number of halogens is 2. The molecule has 3 aromatic carbocycles. The Labute approximate surface area is 173 Å². The lowest BCUT2D eigenvalue weighted by Crippen LogP contribution is -2.22. The molecule has 3 aromatic rings. The van der Waals surface area contributed by atoms with Crippen molar-refractivity contribution in [2.75, 3.05) is 0 Å². The Hall–Kier alpha value is -2.93. The van der Waals surface area contributed by atoms with Crippen molar-refractivity contribution in [2.45, 2.75) is 12.3 Å². The van der Waals surface area contributed by atoms with Crippen LogP contribution in [0.1, 0.15) is 28.2 Å². The van der Waals surface area contributed by atoms with Crippen molar-refractivity contribution < 1.29 is 4.74 Å². The molecule has 1 aliphatic heterocycles. The maximum atomic E-state index is 9.72. The van der Waals surface area contributed by atoms with Gasteiger partial charge in [0.15, 0.2) is 0 Å². The molecule has 0 saturated carbocycles. The van der Waals surface area contributed by atoms with Crippen molar-refractivity contribution >= 4 is 23.2 Å². The van der Waals surface area contributed by atoms with E-state index in [4.69, 9.17) is 33.7 Å². The molecule has 1 aliphatic rings. The molecule has 28 heavy (non-hydrogen) atoms. The molecule has 0 fully saturated rings. The highest BCUT2D eigenvalue weighted by Gasteiger charge is 2.33. The molecule has 0 radical (unpaired) electrons. The predicted molar refractivity (Wildman–Crippen MR) is 111 cm³/mol. The second-order valence-electron chi connectivity index (χ2n) is 6.55. The first kappa shape index (κ1) is 18.4. The van der Waals surface area contributed by atoms with Crippen LogP contribution >= 0.6 is 23.2 Å². The van der Waals surface area contributed by atoms with E-state index in [1.807, 2.05) is 66.7 Å². The molecule has 2 N–H and O–H groups in total.